The lowest BCUT2D eigenvalue weighted by atomic mass is 10.0. The highest BCUT2D eigenvalue weighted by Crippen LogP contribution is 2.43. The van der Waals surface area contributed by atoms with E-state index in [-0.39, 0.29) is 0 Å². The van der Waals surface area contributed by atoms with Gasteiger partial charge in [0.1, 0.15) is 11.2 Å². The molecule has 0 radical (unpaired) electrons. The molecule has 0 aliphatic carbocycles. The molecule has 3 aromatic heterocycles. The van der Waals surface area contributed by atoms with Crippen molar-refractivity contribution in [1.82, 2.24) is 4.57 Å². The van der Waals surface area contributed by atoms with Gasteiger partial charge in [-0.3, -0.25) is 0 Å². The van der Waals surface area contributed by atoms with Crippen molar-refractivity contribution < 1.29 is 4.42 Å². The Kier molecular flexibility index (Phi) is 4.24. The Hall–Kier alpha value is -4.86. The molecule has 6 aromatic carbocycles. The average Bonchev–Trinajstić information content (AvgIpc) is 3.66. The molecule has 0 amide bonds. The van der Waals surface area contributed by atoms with Crippen molar-refractivity contribution in [2.45, 2.75) is 0 Å². The van der Waals surface area contributed by atoms with Gasteiger partial charge in [0.05, 0.1) is 11.0 Å². The number of nitrogens with zero attached hydrogens (tertiary/aromatic N) is 1. The van der Waals surface area contributed by atoms with Gasteiger partial charge in [-0.15, -0.1) is 11.3 Å². The van der Waals surface area contributed by atoms with E-state index in [2.05, 4.69) is 120 Å². The monoisotopic (exact) mass is 515 g/mol. The van der Waals surface area contributed by atoms with E-state index in [4.69, 9.17) is 4.42 Å². The van der Waals surface area contributed by atoms with Gasteiger partial charge in [-0.25, -0.2) is 0 Å². The van der Waals surface area contributed by atoms with Crippen LogP contribution >= 0.6 is 11.3 Å². The van der Waals surface area contributed by atoms with Gasteiger partial charge in [0.25, 0.3) is 0 Å². The van der Waals surface area contributed by atoms with Gasteiger partial charge in [0.15, 0.2) is 0 Å². The van der Waals surface area contributed by atoms with E-state index in [9.17, 15) is 0 Å². The zero-order chi connectivity index (χ0) is 25.5. The van der Waals surface area contributed by atoms with Crippen LogP contribution < -0.4 is 0 Å². The van der Waals surface area contributed by atoms with Crippen molar-refractivity contribution >= 4 is 75.3 Å². The normalized spacial score (nSPS) is 12.1. The summed E-state index contributed by atoms with van der Waals surface area (Å²) in [6.07, 6.45) is 0. The third-order valence-electron chi connectivity index (χ3n) is 8.01. The van der Waals surface area contributed by atoms with E-state index >= 15 is 0 Å². The van der Waals surface area contributed by atoms with E-state index in [1.807, 2.05) is 23.5 Å². The maximum Gasteiger partial charge on any atom is 0.135 e. The van der Waals surface area contributed by atoms with Crippen LogP contribution in [0.3, 0.4) is 0 Å². The van der Waals surface area contributed by atoms with E-state index in [0.717, 1.165) is 21.9 Å². The topological polar surface area (TPSA) is 18.1 Å². The van der Waals surface area contributed by atoms with E-state index in [0.29, 0.717) is 0 Å². The van der Waals surface area contributed by atoms with Crippen LogP contribution in [0.2, 0.25) is 0 Å². The number of thiophene rings is 1. The van der Waals surface area contributed by atoms with Gasteiger partial charge in [0, 0.05) is 47.4 Å². The number of fused-ring (bicyclic) bond motifs is 10. The number of benzene rings is 6. The molecule has 0 spiro atoms. The van der Waals surface area contributed by atoms with Crippen LogP contribution in [0.25, 0.3) is 80.7 Å². The Balaban J connectivity index is 1.28. The molecule has 0 aliphatic rings. The van der Waals surface area contributed by atoms with Crippen LogP contribution in [0.4, 0.5) is 0 Å². The standard InChI is InChI=1S/C36H21NOS/c1-4-10-30-25(7-1)27-18-20-34-35(28-9-3-6-12-33(28)39-34)36(27)37(30)24-16-13-22(14-17-24)23-15-19-32-29(21-23)26-8-2-5-11-31(26)38-32/h1-21H. The molecule has 0 fully saturated rings. The van der Waals surface area contributed by atoms with Crippen molar-refractivity contribution in [2.24, 2.45) is 0 Å². The predicted octanol–water partition coefficient (Wildman–Crippen LogP) is 10.7. The Labute approximate surface area is 227 Å². The summed E-state index contributed by atoms with van der Waals surface area (Å²) < 4.78 is 11.1. The van der Waals surface area contributed by atoms with Crippen molar-refractivity contribution in [2.75, 3.05) is 0 Å². The van der Waals surface area contributed by atoms with Crippen LogP contribution in [0, 0.1) is 0 Å². The van der Waals surface area contributed by atoms with Gasteiger partial charge in [-0.2, -0.15) is 0 Å². The largest absolute Gasteiger partial charge is 0.456 e. The summed E-state index contributed by atoms with van der Waals surface area (Å²) in [5.74, 6) is 0. The summed E-state index contributed by atoms with van der Waals surface area (Å²) in [4.78, 5) is 0. The van der Waals surface area contributed by atoms with Crippen molar-refractivity contribution in [3.8, 4) is 16.8 Å². The first-order chi connectivity index (χ1) is 19.3. The molecule has 0 bridgehead atoms. The quantitative estimate of drug-likeness (QED) is 0.224. The molecule has 2 nitrogen and oxygen atoms in total. The SMILES string of the molecule is c1ccc2c(c1)oc1ccc(-c3ccc(-n4c5ccccc5c5ccc6sc7ccccc7c6c54)cc3)cc12. The number of rotatable bonds is 2. The Morgan fingerprint density at radius 1 is 0.487 bits per heavy atom. The molecule has 182 valence electrons. The summed E-state index contributed by atoms with van der Waals surface area (Å²) in [7, 11) is 0. The van der Waals surface area contributed by atoms with Crippen LogP contribution in [0.1, 0.15) is 0 Å². The second kappa shape index (κ2) is 7.83. The molecule has 0 aliphatic heterocycles. The Bertz CT molecular complexity index is 2380. The van der Waals surface area contributed by atoms with Crippen molar-refractivity contribution in [3.63, 3.8) is 0 Å². The maximum atomic E-state index is 6.05. The minimum Gasteiger partial charge on any atom is -0.456 e. The highest BCUT2D eigenvalue weighted by atomic mass is 32.1. The van der Waals surface area contributed by atoms with Gasteiger partial charge in [0.2, 0.25) is 0 Å². The lowest BCUT2D eigenvalue weighted by molar-refractivity contribution is 0.669. The zero-order valence-corrected chi connectivity index (χ0v) is 21.7. The first-order valence-corrected chi connectivity index (χ1v) is 14.0. The highest BCUT2D eigenvalue weighted by Gasteiger charge is 2.18. The molecule has 0 N–H and O–H groups in total. The van der Waals surface area contributed by atoms with Crippen molar-refractivity contribution in [3.05, 3.63) is 127 Å². The van der Waals surface area contributed by atoms with Crippen LogP contribution in [0.15, 0.2) is 132 Å². The number of hydrogen-bond donors (Lipinski definition) is 0. The molecular weight excluding hydrogens is 494 g/mol. The van der Waals surface area contributed by atoms with Gasteiger partial charge < -0.3 is 8.98 Å². The van der Waals surface area contributed by atoms with Crippen molar-refractivity contribution in [1.29, 1.82) is 0 Å². The lowest BCUT2D eigenvalue weighted by Gasteiger charge is -2.10. The number of hydrogen-bond acceptors (Lipinski definition) is 2. The molecule has 39 heavy (non-hydrogen) atoms. The second-order valence-corrected chi connectivity index (χ2v) is 11.2. The molecule has 3 heteroatoms. The second-order valence-electron chi connectivity index (χ2n) is 10.1. The third-order valence-corrected chi connectivity index (χ3v) is 9.15. The molecule has 0 unspecified atom stereocenters. The van der Waals surface area contributed by atoms with Crippen LogP contribution in [-0.2, 0) is 0 Å². The molecule has 3 heterocycles. The average molecular weight is 516 g/mol. The zero-order valence-electron chi connectivity index (χ0n) is 20.9. The molecule has 0 atom stereocenters. The summed E-state index contributed by atoms with van der Waals surface area (Å²) in [5.41, 5.74) is 7.92. The smallest absolute Gasteiger partial charge is 0.135 e. The summed E-state index contributed by atoms with van der Waals surface area (Å²) in [6.45, 7) is 0. The Morgan fingerprint density at radius 3 is 2.10 bits per heavy atom. The first-order valence-electron chi connectivity index (χ1n) is 13.2. The molecule has 9 aromatic rings. The molecular formula is C36H21NOS. The fourth-order valence-electron chi connectivity index (χ4n) is 6.24. The van der Waals surface area contributed by atoms with E-state index < -0.39 is 0 Å². The van der Waals surface area contributed by atoms with E-state index in [1.165, 1.54) is 58.8 Å². The number of furan rings is 1. The predicted molar refractivity (Wildman–Crippen MR) is 166 cm³/mol. The first kappa shape index (κ1) is 21.1. The number of aromatic nitrogens is 1. The molecule has 9 rings (SSSR count). The minimum atomic E-state index is 0.925. The maximum absolute atomic E-state index is 6.05. The van der Waals surface area contributed by atoms with Gasteiger partial charge in [-0.1, -0.05) is 78.9 Å². The van der Waals surface area contributed by atoms with Crippen LogP contribution in [-0.4, -0.2) is 4.57 Å². The van der Waals surface area contributed by atoms with Gasteiger partial charge >= 0.3 is 0 Å². The summed E-state index contributed by atoms with van der Waals surface area (Å²) in [5, 5.41) is 7.55. The summed E-state index contributed by atoms with van der Waals surface area (Å²) in [6, 6.07) is 45.8. The molecule has 0 saturated heterocycles. The molecule has 0 saturated carbocycles. The summed E-state index contributed by atoms with van der Waals surface area (Å²) >= 11 is 1.87. The number of para-hydroxylation sites is 2. The fraction of sp³-hybridized carbons (Fsp3) is 0. The van der Waals surface area contributed by atoms with Crippen LogP contribution in [0.5, 0.6) is 0 Å². The fourth-order valence-corrected chi connectivity index (χ4v) is 7.35. The van der Waals surface area contributed by atoms with Gasteiger partial charge in [-0.05, 0) is 59.7 Å². The lowest BCUT2D eigenvalue weighted by Crippen LogP contribution is -1.94. The third kappa shape index (κ3) is 2.96. The minimum absolute atomic E-state index is 0.925. The Morgan fingerprint density at radius 2 is 1.21 bits per heavy atom. The highest BCUT2D eigenvalue weighted by molar-refractivity contribution is 7.26. The van der Waals surface area contributed by atoms with E-state index in [1.54, 1.807) is 0 Å².